The number of anilines is 1. The fourth-order valence-electron chi connectivity index (χ4n) is 1.61. The average Bonchev–Trinajstić information content (AvgIpc) is 2.82. The summed E-state index contributed by atoms with van der Waals surface area (Å²) in [7, 11) is 0. The van der Waals surface area contributed by atoms with Crippen LogP contribution in [0.5, 0.6) is 0 Å². The summed E-state index contributed by atoms with van der Waals surface area (Å²) in [6.45, 7) is 3.74. The standard InChI is InChI=1S/C13H12Cl2N2O2/c1-3-8-4-5-9(19-8)13(18)17-11-7(2)6-10(14)16-12(11)15/h4-6H,3H2,1-2H3,(H,17,18). The zero-order chi connectivity index (χ0) is 14.0. The summed E-state index contributed by atoms with van der Waals surface area (Å²) in [5.74, 6) is 0.623. The minimum Gasteiger partial charge on any atom is -0.456 e. The van der Waals surface area contributed by atoms with Crippen molar-refractivity contribution in [2.24, 2.45) is 0 Å². The summed E-state index contributed by atoms with van der Waals surface area (Å²) < 4.78 is 5.37. The average molecular weight is 299 g/mol. The minimum atomic E-state index is -0.367. The summed E-state index contributed by atoms with van der Waals surface area (Å²) in [4.78, 5) is 15.9. The van der Waals surface area contributed by atoms with E-state index in [2.05, 4.69) is 10.3 Å². The number of aryl methyl sites for hydroxylation is 2. The Kier molecular flexibility index (Phi) is 4.12. The summed E-state index contributed by atoms with van der Waals surface area (Å²) in [5, 5.41) is 3.11. The van der Waals surface area contributed by atoms with Crippen molar-refractivity contribution in [1.29, 1.82) is 0 Å². The highest BCUT2D eigenvalue weighted by Crippen LogP contribution is 2.27. The molecule has 0 atom stereocenters. The van der Waals surface area contributed by atoms with Crippen molar-refractivity contribution in [3.05, 3.63) is 45.6 Å². The van der Waals surface area contributed by atoms with Crippen LogP contribution in [0.4, 0.5) is 5.69 Å². The lowest BCUT2D eigenvalue weighted by molar-refractivity contribution is 0.0995. The van der Waals surface area contributed by atoms with Gasteiger partial charge in [-0.05, 0) is 30.7 Å². The Hall–Kier alpha value is -1.52. The van der Waals surface area contributed by atoms with Crippen LogP contribution in [0.1, 0.15) is 28.8 Å². The van der Waals surface area contributed by atoms with E-state index in [0.717, 1.165) is 17.7 Å². The molecule has 0 aliphatic carbocycles. The highest BCUT2D eigenvalue weighted by molar-refractivity contribution is 6.35. The van der Waals surface area contributed by atoms with Crippen LogP contribution in [-0.4, -0.2) is 10.9 Å². The number of hydrogen-bond acceptors (Lipinski definition) is 3. The molecule has 100 valence electrons. The molecule has 0 saturated carbocycles. The Morgan fingerprint density at radius 3 is 2.74 bits per heavy atom. The topological polar surface area (TPSA) is 55.1 Å². The SMILES string of the molecule is CCc1ccc(C(=O)Nc2c(C)cc(Cl)nc2Cl)o1. The number of carbonyl (C=O) groups excluding carboxylic acids is 1. The zero-order valence-electron chi connectivity index (χ0n) is 10.5. The fourth-order valence-corrected chi connectivity index (χ4v) is 2.19. The predicted octanol–water partition coefficient (Wildman–Crippen LogP) is 4.10. The molecule has 2 heterocycles. The summed E-state index contributed by atoms with van der Waals surface area (Å²) >= 11 is 11.7. The van der Waals surface area contributed by atoms with Crippen molar-refractivity contribution in [2.45, 2.75) is 20.3 Å². The molecule has 0 unspecified atom stereocenters. The smallest absolute Gasteiger partial charge is 0.291 e. The van der Waals surface area contributed by atoms with Crippen LogP contribution < -0.4 is 5.32 Å². The maximum Gasteiger partial charge on any atom is 0.291 e. The van der Waals surface area contributed by atoms with Gasteiger partial charge in [0.05, 0.1) is 5.69 Å². The molecule has 2 aromatic heterocycles. The molecule has 19 heavy (non-hydrogen) atoms. The summed E-state index contributed by atoms with van der Waals surface area (Å²) in [6, 6.07) is 5.02. The molecule has 0 spiro atoms. The number of carbonyl (C=O) groups is 1. The highest BCUT2D eigenvalue weighted by atomic mass is 35.5. The van der Waals surface area contributed by atoms with Gasteiger partial charge in [-0.2, -0.15) is 0 Å². The monoisotopic (exact) mass is 298 g/mol. The second-order valence-electron chi connectivity index (χ2n) is 4.00. The molecule has 1 amide bonds. The van der Waals surface area contributed by atoms with Crippen LogP contribution >= 0.6 is 23.2 Å². The van der Waals surface area contributed by atoms with Gasteiger partial charge in [-0.1, -0.05) is 30.1 Å². The van der Waals surface area contributed by atoms with Crippen LogP contribution in [0.2, 0.25) is 10.3 Å². The highest BCUT2D eigenvalue weighted by Gasteiger charge is 2.15. The van der Waals surface area contributed by atoms with Crippen LogP contribution in [0.15, 0.2) is 22.6 Å². The van der Waals surface area contributed by atoms with E-state index >= 15 is 0 Å². The number of amides is 1. The lowest BCUT2D eigenvalue weighted by Gasteiger charge is -2.08. The molecule has 0 fully saturated rings. The lowest BCUT2D eigenvalue weighted by Crippen LogP contribution is -2.12. The van der Waals surface area contributed by atoms with E-state index in [-0.39, 0.29) is 22.0 Å². The number of hydrogen-bond donors (Lipinski definition) is 1. The number of furan rings is 1. The van der Waals surface area contributed by atoms with Gasteiger partial charge in [0.25, 0.3) is 5.91 Å². The number of aromatic nitrogens is 1. The quantitative estimate of drug-likeness (QED) is 0.868. The fraction of sp³-hybridized carbons (Fsp3) is 0.231. The molecule has 4 nitrogen and oxygen atoms in total. The third kappa shape index (κ3) is 3.08. The van der Waals surface area contributed by atoms with Gasteiger partial charge in [0.15, 0.2) is 10.9 Å². The Morgan fingerprint density at radius 2 is 2.16 bits per heavy atom. The van der Waals surface area contributed by atoms with Crippen molar-refractivity contribution < 1.29 is 9.21 Å². The first kappa shape index (κ1) is 13.9. The van der Waals surface area contributed by atoms with Gasteiger partial charge < -0.3 is 9.73 Å². The molecule has 0 saturated heterocycles. The normalized spacial score (nSPS) is 10.5. The van der Waals surface area contributed by atoms with Gasteiger partial charge >= 0.3 is 0 Å². The van der Waals surface area contributed by atoms with Crippen molar-refractivity contribution in [1.82, 2.24) is 4.98 Å². The Morgan fingerprint density at radius 1 is 1.42 bits per heavy atom. The first-order valence-corrected chi connectivity index (χ1v) is 6.49. The van der Waals surface area contributed by atoms with E-state index in [9.17, 15) is 4.79 Å². The Balaban J connectivity index is 2.24. The molecule has 2 rings (SSSR count). The van der Waals surface area contributed by atoms with Crippen LogP contribution in [0, 0.1) is 6.92 Å². The van der Waals surface area contributed by atoms with Crippen LogP contribution in [-0.2, 0) is 6.42 Å². The molecule has 0 aromatic carbocycles. The largest absolute Gasteiger partial charge is 0.456 e. The maximum atomic E-state index is 12.0. The maximum absolute atomic E-state index is 12.0. The molecular weight excluding hydrogens is 287 g/mol. The predicted molar refractivity (Wildman–Crippen MR) is 75.0 cm³/mol. The molecule has 6 heteroatoms. The molecule has 0 radical (unpaired) electrons. The van der Waals surface area contributed by atoms with Crippen molar-refractivity contribution in [3.8, 4) is 0 Å². The van der Waals surface area contributed by atoms with Crippen molar-refractivity contribution in [3.63, 3.8) is 0 Å². The van der Waals surface area contributed by atoms with E-state index in [4.69, 9.17) is 27.6 Å². The molecule has 2 aromatic rings. The van der Waals surface area contributed by atoms with E-state index < -0.39 is 0 Å². The third-order valence-electron chi connectivity index (χ3n) is 2.61. The molecule has 0 aliphatic heterocycles. The van der Waals surface area contributed by atoms with Crippen LogP contribution in [0.25, 0.3) is 0 Å². The van der Waals surface area contributed by atoms with Gasteiger partial charge in [-0.3, -0.25) is 4.79 Å². The van der Waals surface area contributed by atoms with Gasteiger partial charge in [0, 0.05) is 6.42 Å². The number of nitrogens with zero attached hydrogens (tertiary/aromatic N) is 1. The summed E-state index contributed by atoms with van der Waals surface area (Å²) in [6.07, 6.45) is 0.732. The molecular formula is C13H12Cl2N2O2. The van der Waals surface area contributed by atoms with Gasteiger partial charge in [0.2, 0.25) is 0 Å². The number of pyridine rings is 1. The number of rotatable bonds is 3. The third-order valence-corrected chi connectivity index (χ3v) is 3.08. The van der Waals surface area contributed by atoms with Gasteiger partial charge in [-0.15, -0.1) is 0 Å². The lowest BCUT2D eigenvalue weighted by atomic mass is 10.2. The number of halogens is 2. The van der Waals surface area contributed by atoms with Gasteiger partial charge in [0.1, 0.15) is 10.9 Å². The molecule has 1 N–H and O–H groups in total. The van der Waals surface area contributed by atoms with E-state index in [0.29, 0.717) is 5.69 Å². The van der Waals surface area contributed by atoms with Gasteiger partial charge in [-0.25, -0.2) is 4.98 Å². The van der Waals surface area contributed by atoms with E-state index in [1.807, 2.05) is 6.92 Å². The molecule has 0 bridgehead atoms. The van der Waals surface area contributed by atoms with Crippen molar-refractivity contribution >= 4 is 34.8 Å². The van der Waals surface area contributed by atoms with Crippen molar-refractivity contribution in [2.75, 3.05) is 5.32 Å². The number of nitrogens with one attached hydrogen (secondary N) is 1. The summed E-state index contributed by atoms with van der Waals surface area (Å²) in [5.41, 5.74) is 1.17. The zero-order valence-corrected chi connectivity index (χ0v) is 12.0. The Labute approximate surface area is 120 Å². The van der Waals surface area contributed by atoms with Crippen LogP contribution in [0.3, 0.4) is 0 Å². The first-order valence-electron chi connectivity index (χ1n) is 5.74. The second kappa shape index (κ2) is 5.63. The molecule has 0 aliphatic rings. The van der Waals surface area contributed by atoms with E-state index in [1.54, 1.807) is 25.1 Å². The second-order valence-corrected chi connectivity index (χ2v) is 4.75. The van der Waals surface area contributed by atoms with E-state index in [1.165, 1.54) is 0 Å². The first-order chi connectivity index (χ1) is 9.01. The Bertz CT molecular complexity index is 600. The minimum absolute atomic E-state index is 0.153.